The number of phenols is 1. The number of halogens is 2. The van der Waals surface area contributed by atoms with Crippen molar-refractivity contribution in [3.05, 3.63) is 85.4 Å². The Morgan fingerprint density at radius 2 is 1.73 bits per heavy atom. The van der Waals surface area contributed by atoms with Gasteiger partial charge in [-0.25, -0.2) is 0 Å². The maximum Gasteiger partial charge on any atom is 0.238 e. The number of ether oxygens (including phenoxy) is 1. The van der Waals surface area contributed by atoms with E-state index in [1.807, 2.05) is 6.08 Å². The third kappa shape index (κ3) is 4.18. The summed E-state index contributed by atoms with van der Waals surface area (Å²) >= 11 is 6.59. The number of amides is 2. The van der Waals surface area contributed by atoms with Crippen molar-refractivity contribution in [2.45, 2.75) is 25.7 Å². The van der Waals surface area contributed by atoms with E-state index >= 15 is 0 Å². The average Bonchev–Trinajstić information content (AvgIpc) is 3.21. The second kappa shape index (κ2) is 10.0. The first kappa shape index (κ1) is 27.5. The summed E-state index contributed by atoms with van der Waals surface area (Å²) in [6.45, 7) is 1.44. The van der Waals surface area contributed by atoms with Crippen LogP contribution in [0.1, 0.15) is 41.6 Å². The van der Waals surface area contributed by atoms with Crippen LogP contribution in [0, 0.1) is 17.8 Å². The number of Topliss-reactive ketones (excluding diaryl/α,β-unsaturated/α-hetero) is 2. The molecule has 1 aliphatic heterocycles. The monoisotopic (exact) mass is 679 g/mol. The van der Waals surface area contributed by atoms with Gasteiger partial charge in [0.2, 0.25) is 11.8 Å². The van der Waals surface area contributed by atoms with Gasteiger partial charge in [-0.3, -0.25) is 28.9 Å². The molecule has 1 saturated heterocycles. The normalized spacial score (nSPS) is 25.4. The molecule has 0 radical (unpaired) electrons. The summed E-state index contributed by atoms with van der Waals surface area (Å²) in [4.78, 5) is 67.4. The largest absolute Gasteiger partial charge is 0.503 e. The minimum atomic E-state index is -0.735. The van der Waals surface area contributed by atoms with Crippen LogP contribution in [0.4, 0.5) is 5.69 Å². The number of benzene rings is 2. The fourth-order valence-corrected chi connectivity index (χ4v) is 7.51. The van der Waals surface area contributed by atoms with E-state index in [1.54, 1.807) is 36.4 Å². The number of hydrogen-bond acceptors (Lipinski definition) is 7. The van der Waals surface area contributed by atoms with Crippen LogP contribution >= 0.6 is 31.9 Å². The van der Waals surface area contributed by atoms with E-state index in [-0.39, 0.29) is 51.6 Å². The van der Waals surface area contributed by atoms with Crippen molar-refractivity contribution in [3.8, 4) is 11.5 Å². The summed E-state index contributed by atoms with van der Waals surface area (Å²) in [7, 11) is 1.42. The number of anilines is 1. The van der Waals surface area contributed by atoms with Crippen molar-refractivity contribution in [3.63, 3.8) is 0 Å². The Hall–Kier alpha value is -3.63. The first-order chi connectivity index (χ1) is 19.5. The molecule has 0 bridgehead atoms. The lowest BCUT2D eigenvalue weighted by Gasteiger charge is -2.42. The predicted octanol–water partition coefficient (Wildman–Crippen LogP) is 5.33. The highest BCUT2D eigenvalue weighted by atomic mass is 79.9. The SMILES string of the molecule is COc1cc([C@H]2C3=CC[C@@H]4C(=O)N(c5ccc(C(C)=O)cc5)C(=O)[C@@H]4[C@@H]3CC3=C2C(=O)C=C(Br)C3=O)cc(Br)c1O. The molecule has 1 heterocycles. The van der Waals surface area contributed by atoms with Gasteiger partial charge in [-0.15, -0.1) is 0 Å². The predicted molar refractivity (Wildman–Crippen MR) is 156 cm³/mol. The first-order valence-corrected chi connectivity index (χ1v) is 14.6. The lowest BCUT2D eigenvalue weighted by molar-refractivity contribution is -0.123. The Morgan fingerprint density at radius 3 is 2.39 bits per heavy atom. The molecule has 0 spiro atoms. The van der Waals surface area contributed by atoms with Gasteiger partial charge in [0.05, 0.1) is 33.6 Å². The summed E-state index contributed by atoms with van der Waals surface area (Å²) < 4.78 is 5.86. The molecule has 208 valence electrons. The number of methoxy groups -OCH3 is 1. The van der Waals surface area contributed by atoms with Crippen molar-refractivity contribution in [1.29, 1.82) is 0 Å². The number of carbonyl (C=O) groups is 5. The quantitative estimate of drug-likeness (QED) is 0.201. The van der Waals surface area contributed by atoms with Gasteiger partial charge in [-0.05, 0) is 99.5 Å². The fourth-order valence-electron chi connectivity index (χ4n) is 6.60. The number of rotatable bonds is 4. The molecule has 2 aromatic carbocycles. The van der Waals surface area contributed by atoms with Gasteiger partial charge < -0.3 is 9.84 Å². The first-order valence-electron chi connectivity index (χ1n) is 13.0. The second-order valence-corrected chi connectivity index (χ2v) is 12.3. The zero-order valence-electron chi connectivity index (χ0n) is 21.9. The number of hydrogen-bond donors (Lipinski definition) is 1. The van der Waals surface area contributed by atoms with Gasteiger partial charge in [0.1, 0.15) is 0 Å². The van der Waals surface area contributed by atoms with Crippen LogP contribution in [0.5, 0.6) is 11.5 Å². The number of allylic oxidation sites excluding steroid dienone is 6. The summed E-state index contributed by atoms with van der Waals surface area (Å²) in [6.07, 6.45) is 3.62. The van der Waals surface area contributed by atoms with Crippen LogP contribution < -0.4 is 9.64 Å². The highest BCUT2D eigenvalue weighted by Gasteiger charge is 2.56. The van der Waals surface area contributed by atoms with Crippen LogP contribution in [0.15, 0.2) is 74.2 Å². The van der Waals surface area contributed by atoms with Gasteiger partial charge in [-0.1, -0.05) is 11.6 Å². The fraction of sp³-hybridized carbons (Fsp3) is 0.258. The highest BCUT2D eigenvalue weighted by Crippen LogP contribution is 2.56. The van der Waals surface area contributed by atoms with Crippen LogP contribution in [0.2, 0.25) is 0 Å². The molecule has 8 nitrogen and oxygen atoms in total. The molecule has 0 aromatic heterocycles. The topological polar surface area (TPSA) is 118 Å². The number of imide groups is 1. The average molecular weight is 681 g/mol. The molecular formula is C31H23Br2NO7. The Kier molecular flexibility index (Phi) is 6.73. The summed E-state index contributed by atoms with van der Waals surface area (Å²) in [6, 6.07) is 9.66. The van der Waals surface area contributed by atoms with Gasteiger partial charge in [0.25, 0.3) is 0 Å². The number of aromatic hydroxyl groups is 1. The van der Waals surface area contributed by atoms with Gasteiger partial charge in [0, 0.05) is 28.7 Å². The molecule has 0 saturated carbocycles. The molecule has 2 aromatic rings. The van der Waals surface area contributed by atoms with E-state index in [4.69, 9.17) is 4.74 Å². The van der Waals surface area contributed by atoms with Crippen molar-refractivity contribution < 1.29 is 33.8 Å². The van der Waals surface area contributed by atoms with E-state index in [0.717, 1.165) is 5.57 Å². The molecule has 1 N–H and O–H groups in total. The summed E-state index contributed by atoms with van der Waals surface area (Å²) in [5, 5.41) is 10.4. The summed E-state index contributed by atoms with van der Waals surface area (Å²) in [5.74, 6) is -3.95. The van der Waals surface area contributed by atoms with E-state index < -0.39 is 23.7 Å². The zero-order valence-corrected chi connectivity index (χ0v) is 25.1. The molecule has 2 amide bonds. The number of phenolic OH excluding ortho intramolecular Hbond substituents is 1. The van der Waals surface area contributed by atoms with Gasteiger partial charge in [-0.2, -0.15) is 0 Å². The van der Waals surface area contributed by atoms with Crippen molar-refractivity contribution in [2.75, 3.05) is 12.0 Å². The van der Waals surface area contributed by atoms with Crippen LogP contribution in [0.25, 0.3) is 0 Å². The Labute approximate surface area is 252 Å². The van der Waals surface area contributed by atoms with E-state index in [2.05, 4.69) is 31.9 Å². The van der Waals surface area contributed by atoms with Crippen LogP contribution in [-0.4, -0.2) is 41.4 Å². The summed E-state index contributed by atoms with van der Waals surface area (Å²) in [5.41, 5.74) is 2.88. The van der Waals surface area contributed by atoms with Crippen molar-refractivity contribution in [2.24, 2.45) is 17.8 Å². The Bertz CT molecular complexity index is 1680. The zero-order chi connectivity index (χ0) is 29.3. The molecule has 4 atom stereocenters. The van der Waals surface area contributed by atoms with Gasteiger partial charge in [0.15, 0.2) is 28.8 Å². The maximum absolute atomic E-state index is 14.0. The Balaban J connectivity index is 1.48. The molecule has 3 aliphatic carbocycles. The lowest BCUT2D eigenvalue weighted by atomic mass is 9.59. The van der Waals surface area contributed by atoms with Crippen molar-refractivity contribution >= 4 is 66.7 Å². The number of nitrogens with zero attached hydrogens (tertiary/aromatic N) is 1. The smallest absolute Gasteiger partial charge is 0.238 e. The Morgan fingerprint density at radius 1 is 1.02 bits per heavy atom. The lowest BCUT2D eigenvalue weighted by Crippen LogP contribution is -2.39. The minimum Gasteiger partial charge on any atom is -0.503 e. The molecule has 41 heavy (non-hydrogen) atoms. The van der Waals surface area contributed by atoms with E-state index in [9.17, 15) is 29.1 Å². The third-order valence-electron chi connectivity index (χ3n) is 8.47. The molecular weight excluding hydrogens is 658 g/mol. The van der Waals surface area contributed by atoms with Crippen LogP contribution in [0.3, 0.4) is 0 Å². The number of fused-ring (bicyclic) bond motifs is 3. The maximum atomic E-state index is 14.0. The minimum absolute atomic E-state index is 0.104. The highest BCUT2D eigenvalue weighted by molar-refractivity contribution is 9.12. The molecule has 6 rings (SSSR count). The standard InChI is InChI=1S/C31H23Br2NO7/c1-13(35)14-3-5-16(6-4-14)34-30(39)18-8-7-17-19(26(18)31(34)40)11-20-27(23(36)12-22(33)28(20)37)25(17)15-9-21(32)29(38)24(10-15)41-2/h3-7,9-10,12,18-19,25-26,38H,8,11H2,1-2H3/t18-,19+,25-,26-/m0/s1. The molecule has 1 fully saturated rings. The molecule has 4 aliphatic rings. The van der Waals surface area contributed by atoms with E-state index in [0.29, 0.717) is 38.9 Å². The third-order valence-corrected chi connectivity index (χ3v) is 9.66. The van der Waals surface area contributed by atoms with Crippen molar-refractivity contribution in [1.82, 2.24) is 0 Å². The number of carbonyl (C=O) groups excluding carboxylic acids is 5. The van der Waals surface area contributed by atoms with E-state index in [1.165, 1.54) is 25.0 Å². The molecule has 10 heteroatoms. The molecule has 0 unspecified atom stereocenters. The second-order valence-electron chi connectivity index (χ2n) is 10.6. The van der Waals surface area contributed by atoms with Gasteiger partial charge >= 0.3 is 0 Å². The number of ketones is 3. The van der Waals surface area contributed by atoms with Crippen LogP contribution in [-0.2, 0) is 19.2 Å².